The number of imidazole rings is 1. The topological polar surface area (TPSA) is 86.2 Å². The predicted octanol–water partition coefficient (Wildman–Crippen LogP) is 4.29. The van der Waals surface area contributed by atoms with Crippen molar-refractivity contribution in [1.29, 1.82) is 0 Å². The number of aromatic nitrogens is 4. The highest BCUT2D eigenvalue weighted by atomic mass is 32.2. The molecular formula is C16H10FN5O2S2. The minimum atomic E-state index is -0.881. The first-order valence-electron chi connectivity index (χ1n) is 7.35. The first-order chi connectivity index (χ1) is 12.6. The molecular weight excluding hydrogens is 377 g/mol. The van der Waals surface area contributed by atoms with Gasteiger partial charge in [0.1, 0.15) is 11.4 Å². The molecule has 0 unspecified atom stereocenters. The van der Waals surface area contributed by atoms with E-state index in [1.165, 1.54) is 35.2 Å². The molecule has 26 heavy (non-hydrogen) atoms. The maximum Gasteiger partial charge on any atom is 0.305 e. The summed E-state index contributed by atoms with van der Waals surface area (Å²) in [4.78, 5) is 24.3. The normalized spacial score (nSPS) is 11.2. The molecule has 0 atom stereocenters. The Labute approximate surface area is 154 Å². The molecule has 0 fully saturated rings. The highest BCUT2D eigenvalue weighted by Crippen LogP contribution is 2.35. The Morgan fingerprint density at radius 3 is 2.92 bits per heavy atom. The minimum absolute atomic E-state index is 0.452. The zero-order valence-electron chi connectivity index (χ0n) is 13.3. The van der Waals surface area contributed by atoms with Crippen LogP contribution in [-0.4, -0.2) is 30.5 Å². The van der Waals surface area contributed by atoms with Gasteiger partial charge in [0.25, 0.3) is 0 Å². The Kier molecular flexibility index (Phi) is 4.13. The van der Waals surface area contributed by atoms with Gasteiger partial charge >= 0.3 is 5.69 Å². The Morgan fingerprint density at radius 2 is 2.15 bits per heavy atom. The Balaban J connectivity index is 1.98. The highest BCUT2D eigenvalue weighted by molar-refractivity contribution is 7.98. The summed E-state index contributed by atoms with van der Waals surface area (Å²) in [6, 6.07) is 5.51. The molecule has 0 saturated carbocycles. The smallest absolute Gasteiger partial charge is 0.288 e. The van der Waals surface area contributed by atoms with Gasteiger partial charge in [-0.05, 0) is 24.5 Å². The summed E-state index contributed by atoms with van der Waals surface area (Å²) in [5.41, 5.74) is 1.69. The summed E-state index contributed by atoms with van der Waals surface area (Å²) in [6.45, 7) is 0. The number of nitro benzene ring substituents is 1. The van der Waals surface area contributed by atoms with E-state index in [9.17, 15) is 14.5 Å². The van der Waals surface area contributed by atoms with Gasteiger partial charge in [0.15, 0.2) is 10.1 Å². The summed E-state index contributed by atoms with van der Waals surface area (Å²) in [5, 5.41) is 13.6. The highest BCUT2D eigenvalue weighted by Gasteiger charge is 2.22. The quantitative estimate of drug-likeness (QED) is 0.225. The van der Waals surface area contributed by atoms with Gasteiger partial charge in [-0.2, -0.15) is 4.39 Å². The predicted molar refractivity (Wildman–Crippen MR) is 97.9 cm³/mol. The molecule has 130 valence electrons. The molecule has 3 aromatic heterocycles. The van der Waals surface area contributed by atoms with Gasteiger partial charge in [0, 0.05) is 29.4 Å². The molecule has 0 bridgehead atoms. The zero-order chi connectivity index (χ0) is 18.3. The molecule has 1 aromatic carbocycles. The summed E-state index contributed by atoms with van der Waals surface area (Å²) < 4.78 is 15.6. The summed E-state index contributed by atoms with van der Waals surface area (Å²) in [7, 11) is 0. The van der Waals surface area contributed by atoms with Gasteiger partial charge in [-0.3, -0.25) is 14.5 Å². The Hall–Kier alpha value is -2.85. The lowest BCUT2D eigenvalue weighted by Gasteiger charge is -2.05. The van der Waals surface area contributed by atoms with E-state index in [2.05, 4.69) is 15.0 Å². The maximum absolute atomic E-state index is 13.7. The fourth-order valence-electron chi connectivity index (χ4n) is 2.60. The van der Waals surface area contributed by atoms with Crippen molar-refractivity contribution in [1.82, 2.24) is 19.4 Å². The van der Waals surface area contributed by atoms with Crippen molar-refractivity contribution in [2.75, 3.05) is 6.26 Å². The maximum atomic E-state index is 13.7. The molecule has 0 aliphatic carbocycles. The molecule has 10 heteroatoms. The number of thioether (sulfide) groups is 1. The number of thiazole rings is 1. The molecule has 4 rings (SSSR count). The molecule has 7 nitrogen and oxygen atoms in total. The number of fused-ring (bicyclic) bond motifs is 1. The van der Waals surface area contributed by atoms with Crippen LogP contribution in [0.3, 0.4) is 0 Å². The van der Waals surface area contributed by atoms with Gasteiger partial charge in [0.05, 0.1) is 10.6 Å². The number of nitrogens with zero attached hydrogens (tertiary/aromatic N) is 5. The van der Waals surface area contributed by atoms with E-state index in [-0.39, 0.29) is 0 Å². The number of halogens is 1. The largest absolute Gasteiger partial charge is 0.305 e. The number of benzene rings is 1. The molecule has 0 spiro atoms. The van der Waals surface area contributed by atoms with Crippen molar-refractivity contribution >= 4 is 33.7 Å². The van der Waals surface area contributed by atoms with Gasteiger partial charge in [-0.25, -0.2) is 15.0 Å². The van der Waals surface area contributed by atoms with Gasteiger partial charge < -0.3 is 0 Å². The van der Waals surface area contributed by atoms with Crippen molar-refractivity contribution in [3.8, 4) is 22.6 Å². The summed E-state index contributed by atoms with van der Waals surface area (Å²) in [5.74, 6) is -0.881. The zero-order valence-corrected chi connectivity index (χ0v) is 14.9. The van der Waals surface area contributed by atoms with E-state index in [1.807, 2.05) is 22.2 Å². The lowest BCUT2D eigenvalue weighted by atomic mass is 10.1. The van der Waals surface area contributed by atoms with Gasteiger partial charge in [-0.15, -0.1) is 11.3 Å². The van der Waals surface area contributed by atoms with Crippen molar-refractivity contribution < 1.29 is 9.31 Å². The van der Waals surface area contributed by atoms with Crippen LogP contribution >= 0.6 is 23.1 Å². The van der Waals surface area contributed by atoms with Crippen molar-refractivity contribution in [3.05, 3.63) is 58.0 Å². The van der Waals surface area contributed by atoms with Crippen molar-refractivity contribution in [2.45, 2.75) is 5.16 Å². The number of nitro groups is 1. The van der Waals surface area contributed by atoms with E-state index in [1.54, 1.807) is 12.3 Å². The lowest BCUT2D eigenvalue weighted by Crippen LogP contribution is -1.96. The average molecular weight is 387 g/mol. The third-order valence-corrected chi connectivity index (χ3v) is 5.06. The number of hydrogen-bond donors (Lipinski definition) is 0. The van der Waals surface area contributed by atoms with E-state index in [0.29, 0.717) is 32.8 Å². The van der Waals surface area contributed by atoms with Crippen LogP contribution in [0.25, 0.3) is 27.6 Å². The fraction of sp³-hybridized carbons (Fsp3) is 0.0625. The van der Waals surface area contributed by atoms with E-state index >= 15 is 0 Å². The Morgan fingerprint density at radius 1 is 1.31 bits per heavy atom. The van der Waals surface area contributed by atoms with Crippen LogP contribution in [0.15, 0.2) is 47.2 Å². The van der Waals surface area contributed by atoms with E-state index < -0.39 is 16.4 Å². The van der Waals surface area contributed by atoms with Crippen molar-refractivity contribution in [3.63, 3.8) is 0 Å². The van der Waals surface area contributed by atoms with Crippen molar-refractivity contribution in [2.24, 2.45) is 0 Å². The standard InChI is InChI=1S/C16H10FN5O2S2/c1-25-15-18-5-4-11(19-15)14-13(20-16-21(14)6-7-26-16)9-2-3-10(17)12(8-9)22(23)24/h2-8H,1H3. The second kappa shape index (κ2) is 6.46. The third-order valence-electron chi connectivity index (χ3n) is 3.74. The number of rotatable bonds is 4. The van der Waals surface area contributed by atoms with Crippen LogP contribution in [0.1, 0.15) is 0 Å². The molecule has 0 amide bonds. The molecule has 0 saturated heterocycles. The molecule has 3 heterocycles. The van der Waals surface area contributed by atoms with Crippen LogP contribution in [0.2, 0.25) is 0 Å². The van der Waals surface area contributed by atoms with E-state index in [4.69, 9.17) is 0 Å². The van der Waals surface area contributed by atoms with Crippen LogP contribution in [-0.2, 0) is 0 Å². The molecule has 0 aliphatic heterocycles. The monoisotopic (exact) mass is 387 g/mol. The second-order valence-electron chi connectivity index (χ2n) is 5.22. The number of hydrogen-bond acceptors (Lipinski definition) is 7. The summed E-state index contributed by atoms with van der Waals surface area (Å²) in [6.07, 6.45) is 5.38. The lowest BCUT2D eigenvalue weighted by molar-refractivity contribution is -0.387. The average Bonchev–Trinajstić information content (AvgIpc) is 3.23. The van der Waals surface area contributed by atoms with Crippen LogP contribution in [0, 0.1) is 15.9 Å². The molecule has 0 radical (unpaired) electrons. The first-order valence-corrected chi connectivity index (χ1v) is 9.46. The van der Waals surface area contributed by atoms with Crippen LogP contribution in [0.4, 0.5) is 10.1 Å². The fourth-order valence-corrected chi connectivity index (χ4v) is 3.67. The second-order valence-corrected chi connectivity index (χ2v) is 6.86. The van der Waals surface area contributed by atoms with Gasteiger partial charge in [0.2, 0.25) is 5.82 Å². The summed E-state index contributed by atoms with van der Waals surface area (Å²) >= 11 is 2.84. The van der Waals surface area contributed by atoms with E-state index in [0.717, 1.165) is 6.07 Å². The van der Waals surface area contributed by atoms with Gasteiger partial charge in [-0.1, -0.05) is 11.8 Å². The minimum Gasteiger partial charge on any atom is -0.288 e. The first kappa shape index (κ1) is 16.6. The van der Waals surface area contributed by atoms with Crippen LogP contribution in [0.5, 0.6) is 0 Å². The molecule has 0 N–H and O–H groups in total. The molecule has 0 aliphatic rings. The SMILES string of the molecule is CSc1nccc(-c2c(-c3ccc(F)c([N+](=O)[O-])c3)nc3sccn23)n1. The third kappa shape index (κ3) is 2.72. The molecule has 4 aromatic rings. The Bertz CT molecular complexity index is 1140. The van der Waals surface area contributed by atoms with Crippen LogP contribution < -0.4 is 0 Å².